The molecule has 2 amide bonds. The third kappa shape index (κ3) is 5.13. The van der Waals surface area contributed by atoms with Crippen molar-refractivity contribution < 1.29 is 14.1 Å². The second kappa shape index (κ2) is 10.5. The van der Waals surface area contributed by atoms with E-state index in [0.29, 0.717) is 47.5 Å². The number of aryl methyl sites for hydroxylation is 2. The van der Waals surface area contributed by atoms with Crippen LogP contribution in [0.4, 0.5) is 0 Å². The summed E-state index contributed by atoms with van der Waals surface area (Å²) in [6, 6.07) is 6.00. The lowest BCUT2D eigenvalue weighted by molar-refractivity contribution is 0.0565. The number of piperidine rings is 2. The molecule has 2 fully saturated rings. The van der Waals surface area contributed by atoms with E-state index in [1.54, 1.807) is 31.5 Å². The number of nitrogens with zero attached hydrogens (tertiary/aromatic N) is 6. The van der Waals surface area contributed by atoms with Gasteiger partial charge in [0.1, 0.15) is 29.0 Å². The van der Waals surface area contributed by atoms with Gasteiger partial charge in [-0.05, 0) is 57.2 Å². The number of aromatic nitrogens is 4. The molecule has 0 aliphatic carbocycles. The van der Waals surface area contributed by atoms with Crippen molar-refractivity contribution in [2.24, 2.45) is 0 Å². The molecule has 10 nitrogen and oxygen atoms in total. The molecule has 36 heavy (non-hydrogen) atoms. The molecule has 0 atom stereocenters. The highest BCUT2D eigenvalue weighted by atomic mass is 16.5. The van der Waals surface area contributed by atoms with Crippen molar-refractivity contribution in [3.05, 3.63) is 59.5 Å². The van der Waals surface area contributed by atoms with Gasteiger partial charge in [-0.25, -0.2) is 9.97 Å². The summed E-state index contributed by atoms with van der Waals surface area (Å²) in [7, 11) is 0. The van der Waals surface area contributed by atoms with Crippen LogP contribution in [0.25, 0.3) is 11.4 Å². The Kier molecular flexibility index (Phi) is 7.04. The molecular formula is C26H31N7O3. The maximum atomic E-state index is 13.4. The number of carbonyl (C=O) groups is 2. The number of pyridine rings is 1. The Bertz CT molecular complexity index is 1200. The number of rotatable bonds is 5. The molecule has 0 radical (unpaired) electrons. The third-order valence-corrected chi connectivity index (χ3v) is 7.18. The number of likely N-dealkylation sites (tertiary alicyclic amines) is 2. The molecule has 2 aliphatic heterocycles. The van der Waals surface area contributed by atoms with Gasteiger partial charge in [0.15, 0.2) is 0 Å². The van der Waals surface area contributed by atoms with Gasteiger partial charge in [0.05, 0.1) is 5.69 Å². The van der Waals surface area contributed by atoms with E-state index >= 15 is 0 Å². The Morgan fingerprint density at radius 1 is 1.00 bits per heavy atom. The van der Waals surface area contributed by atoms with Gasteiger partial charge in [0, 0.05) is 50.7 Å². The summed E-state index contributed by atoms with van der Waals surface area (Å²) >= 11 is 0. The normalized spacial score (nSPS) is 17.8. The molecule has 2 saturated heterocycles. The monoisotopic (exact) mass is 489 g/mol. The van der Waals surface area contributed by atoms with Gasteiger partial charge < -0.3 is 19.6 Å². The predicted octanol–water partition coefficient (Wildman–Crippen LogP) is 2.64. The summed E-state index contributed by atoms with van der Waals surface area (Å²) in [5, 5.41) is 7.22. The van der Waals surface area contributed by atoms with Gasteiger partial charge in [0.2, 0.25) is 0 Å². The first-order valence-electron chi connectivity index (χ1n) is 12.5. The van der Waals surface area contributed by atoms with Crippen molar-refractivity contribution in [2.45, 2.75) is 51.6 Å². The Labute approximate surface area is 210 Å². The van der Waals surface area contributed by atoms with E-state index in [-0.39, 0.29) is 17.9 Å². The summed E-state index contributed by atoms with van der Waals surface area (Å²) in [5.74, 6) is 0.332. The summed E-state index contributed by atoms with van der Waals surface area (Å²) < 4.78 is 5.35. The highest BCUT2D eigenvalue weighted by Gasteiger charge is 2.33. The van der Waals surface area contributed by atoms with Gasteiger partial charge in [-0.15, -0.1) is 0 Å². The van der Waals surface area contributed by atoms with Crippen LogP contribution in [0, 0.1) is 13.8 Å². The quantitative estimate of drug-likeness (QED) is 0.581. The fourth-order valence-electron chi connectivity index (χ4n) is 5.09. The van der Waals surface area contributed by atoms with Crippen molar-refractivity contribution in [2.75, 3.05) is 26.2 Å². The van der Waals surface area contributed by atoms with Crippen molar-refractivity contribution >= 4 is 11.8 Å². The fraction of sp³-hybridized carbons (Fsp3) is 0.462. The Morgan fingerprint density at radius 2 is 1.78 bits per heavy atom. The maximum Gasteiger partial charge on any atom is 0.270 e. The fourth-order valence-corrected chi connectivity index (χ4v) is 5.09. The molecule has 2 aliphatic rings. The molecule has 0 spiro atoms. The summed E-state index contributed by atoms with van der Waals surface area (Å²) in [6.45, 7) is 6.97. The van der Waals surface area contributed by atoms with Crippen molar-refractivity contribution in [3.63, 3.8) is 0 Å². The van der Waals surface area contributed by atoms with Crippen molar-refractivity contribution in [1.29, 1.82) is 0 Å². The number of nitrogens with one attached hydrogen (secondary N) is 1. The lowest BCUT2D eigenvalue weighted by Crippen LogP contribution is -2.51. The minimum Gasteiger partial charge on any atom is -0.360 e. The molecule has 0 saturated carbocycles. The molecule has 3 aromatic rings. The first-order valence-corrected chi connectivity index (χ1v) is 12.5. The molecule has 10 heteroatoms. The van der Waals surface area contributed by atoms with E-state index in [1.165, 1.54) is 6.33 Å². The SMILES string of the molecule is Cc1ccc(C(=O)NC2CCN(C3CCN(C(=O)c4c(-c5ccncn5)noc4C)CC3)CC2)nc1. The van der Waals surface area contributed by atoms with Crippen LogP contribution in [0.2, 0.25) is 0 Å². The molecule has 3 aromatic heterocycles. The van der Waals surface area contributed by atoms with Crippen LogP contribution >= 0.6 is 0 Å². The number of hydrogen-bond acceptors (Lipinski definition) is 8. The molecule has 5 heterocycles. The lowest BCUT2D eigenvalue weighted by Gasteiger charge is -2.41. The zero-order valence-corrected chi connectivity index (χ0v) is 20.7. The number of hydrogen-bond donors (Lipinski definition) is 1. The van der Waals surface area contributed by atoms with Crippen LogP contribution in [-0.4, -0.2) is 80.0 Å². The van der Waals surface area contributed by atoms with Crippen molar-refractivity contribution in [1.82, 2.24) is 35.2 Å². The lowest BCUT2D eigenvalue weighted by atomic mass is 9.97. The van der Waals surface area contributed by atoms with Gasteiger partial charge in [-0.3, -0.25) is 14.6 Å². The number of carbonyl (C=O) groups excluding carboxylic acids is 2. The van der Waals surface area contributed by atoms with Gasteiger partial charge >= 0.3 is 0 Å². The maximum absolute atomic E-state index is 13.4. The molecular weight excluding hydrogens is 458 g/mol. The van der Waals surface area contributed by atoms with Crippen LogP contribution in [-0.2, 0) is 0 Å². The van der Waals surface area contributed by atoms with E-state index in [1.807, 2.05) is 17.9 Å². The van der Waals surface area contributed by atoms with E-state index in [9.17, 15) is 9.59 Å². The summed E-state index contributed by atoms with van der Waals surface area (Å²) in [6.07, 6.45) is 8.45. The predicted molar refractivity (Wildman–Crippen MR) is 132 cm³/mol. The smallest absolute Gasteiger partial charge is 0.270 e. The second-order valence-electron chi connectivity index (χ2n) is 9.58. The minimum atomic E-state index is -0.106. The largest absolute Gasteiger partial charge is 0.360 e. The average molecular weight is 490 g/mol. The van der Waals surface area contributed by atoms with Gasteiger partial charge in [0.25, 0.3) is 11.8 Å². The zero-order chi connectivity index (χ0) is 25.1. The van der Waals surface area contributed by atoms with Crippen LogP contribution in [0.15, 0.2) is 41.4 Å². The number of amides is 2. The van der Waals surface area contributed by atoms with E-state index in [0.717, 1.165) is 44.3 Å². The van der Waals surface area contributed by atoms with Crippen molar-refractivity contribution in [3.8, 4) is 11.4 Å². The Morgan fingerprint density at radius 3 is 2.44 bits per heavy atom. The van der Waals surface area contributed by atoms with Gasteiger partial charge in [-0.1, -0.05) is 11.2 Å². The Balaban J connectivity index is 1.12. The summed E-state index contributed by atoms with van der Waals surface area (Å²) in [5.41, 5.74) is 3.02. The van der Waals surface area contributed by atoms with Crippen LogP contribution < -0.4 is 5.32 Å². The highest BCUT2D eigenvalue weighted by molar-refractivity contribution is 6.00. The minimum absolute atomic E-state index is 0.0630. The topological polar surface area (TPSA) is 117 Å². The highest BCUT2D eigenvalue weighted by Crippen LogP contribution is 2.27. The van der Waals surface area contributed by atoms with Gasteiger partial charge in [-0.2, -0.15) is 0 Å². The first kappa shape index (κ1) is 24.1. The first-order chi connectivity index (χ1) is 17.5. The van der Waals surface area contributed by atoms with Crippen LogP contribution in [0.1, 0.15) is 57.9 Å². The molecule has 1 N–H and O–H groups in total. The second-order valence-corrected chi connectivity index (χ2v) is 9.58. The standard InChI is InChI=1S/C26H31N7O3/c1-17-3-4-22(28-15-17)25(34)30-19-6-11-32(12-7-19)20-8-13-33(14-9-20)26(35)23-18(2)36-31-24(23)21-5-10-27-16-29-21/h3-5,10,15-16,19-20H,6-9,11-14H2,1-2H3,(H,30,34). The molecule has 188 valence electrons. The Hall–Kier alpha value is -3.66. The summed E-state index contributed by atoms with van der Waals surface area (Å²) in [4.78, 5) is 42.7. The molecule has 0 unspecified atom stereocenters. The van der Waals surface area contributed by atoms with E-state index in [2.05, 4.69) is 30.3 Å². The van der Waals surface area contributed by atoms with Crippen LogP contribution in [0.5, 0.6) is 0 Å². The molecule has 5 rings (SSSR count). The van der Waals surface area contributed by atoms with Crippen LogP contribution in [0.3, 0.4) is 0 Å². The van der Waals surface area contributed by atoms with E-state index < -0.39 is 0 Å². The average Bonchev–Trinajstić information content (AvgIpc) is 3.31. The molecule has 0 aromatic carbocycles. The molecule has 0 bridgehead atoms. The third-order valence-electron chi connectivity index (χ3n) is 7.18. The zero-order valence-electron chi connectivity index (χ0n) is 20.7. The van der Waals surface area contributed by atoms with E-state index in [4.69, 9.17) is 4.52 Å².